The molecule has 2 N–H and O–H groups in total. The SMILES string of the molecule is O=c1[nH]cnc(Nc2ccc(Br)cc2F)c1Cl. The van der Waals surface area contributed by atoms with Gasteiger partial charge in [0.1, 0.15) is 10.8 Å². The third-order valence-corrected chi connectivity index (χ3v) is 2.82. The minimum atomic E-state index is -0.485. The van der Waals surface area contributed by atoms with Crippen LogP contribution in [-0.2, 0) is 0 Å². The number of aromatic amines is 1. The first kappa shape index (κ1) is 12.1. The van der Waals surface area contributed by atoms with Gasteiger partial charge in [0.25, 0.3) is 5.56 Å². The fourth-order valence-corrected chi connectivity index (χ4v) is 1.67. The lowest BCUT2D eigenvalue weighted by Gasteiger charge is -2.07. The molecule has 1 aromatic heterocycles. The topological polar surface area (TPSA) is 57.8 Å². The lowest BCUT2D eigenvalue weighted by Crippen LogP contribution is -2.10. The van der Waals surface area contributed by atoms with E-state index in [1.807, 2.05) is 0 Å². The Hall–Kier alpha value is -1.40. The number of rotatable bonds is 2. The molecule has 1 aromatic carbocycles. The van der Waals surface area contributed by atoms with Crippen LogP contribution in [0.5, 0.6) is 0 Å². The van der Waals surface area contributed by atoms with Gasteiger partial charge < -0.3 is 10.3 Å². The van der Waals surface area contributed by atoms with Gasteiger partial charge in [-0.2, -0.15) is 0 Å². The summed E-state index contributed by atoms with van der Waals surface area (Å²) in [6.07, 6.45) is 1.19. The fraction of sp³-hybridized carbons (Fsp3) is 0. The maximum Gasteiger partial charge on any atom is 0.271 e. The second-order valence-corrected chi connectivity index (χ2v) is 4.44. The minimum Gasteiger partial charge on any atom is -0.336 e. The van der Waals surface area contributed by atoms with Crippen molar-refractivity contribution in [3.8, 4) is 0 Å². The molecule has 0 aliphatic rings. The van der Waals surface area contributed by atoms with Crippen molar-refractivity contribution in [3.05, 3.63) is 50.2 Å². The molecule has 17 heavy (non-hydrogen) atoms. The molecular formula is C10H6BrClFN3O. The molecule has 88 valence electrons. The van der Waals surface area contributed by atoms with Crippen molar-refractivity contribution >= 4 is 39.0 Å². The second-order valence-electron chi connectivity index (χ2n) is 3.14. The van der Waals surface area contributed by atoms with Crippen molar-refractivity contribution in [1.29, 1.82) is 0 Å². The van der Waals surface area contributed by atoms with Gasteiger partial charge in [-0.1, -0.05) is 27.5 Å². The van der Waals surface area contributed by atoms with E-state index in [0.717, 1.165) is 0 Å². The van der Waals surface area contributed by atoms with Gasteiger partial charge in [0, 0.05) is 4.47 Å². The van der Waals surface area contributed by atoms with Crippen molar-refractivity contribution in [2.45, 2.75) is 0 Å². The summed E-state index contributed by atoms with van der Waals surface area (Å²) in [5.74, 6) is -0.367. The number of nitrogens with zero attached hydrogens (tertiary/aromatic N) is 1. The zero-order valence-corrected chi connectivity index (χ0v) is 10.6. The lowest BCUT2D eigenvalue weighted by molar-refractivity contribution is 0.631. The number of aromatic nitrogens is 2. The zero-order valence-electron chi connectivity index (χ0n) is 8.30. The maximum absolute atomic E-state index is 13.5. The molecule has 0 radical (unpaired) electrons. The van der Waals surface area contributed by atoms with Crippen molar-refractivity contribution in [3.63, 3.8) is 0 Å². The highest BCUT2D eigenvalue weighted by Gasteiger charge is 2.08. The number of hydrogen-bond donors (Lipinski definition) is 2. The fourth-order valence-electron chi connectivity index (χ4n) is 1.19. The molecule has 0 bridgehead atoms. The van der Waals surface area contributed by atoms with E-state index >= 15 is 0 Å². The highest BCUT2D eigenvalue weighted by Crippen LogP contribution is 2.24. The zero-order chi connectivity index (χ0) is 12.4. The predicted molar refractivity (Wildman–Crippen MR) is 67.3 cm³/mol. The van der Waals surface area contributed by atoms with Gasteiger partial charge in [0.05, 0.1) is 12.0 Å². The van der Waals surface area contributed by atoms with Crippen molar-refractivity contribution in [2.24, 2.45) is 0 Å². The Bertz CT molecular complexity index is 617. The van der Waals surface area contributed by atoms with Gasteiger partial charge >= 0.3 is 0 Å². The van der Waals surface area contributed by atoms with E-state index in [2.05, 4.69) is 31.2 Å². The molecule has 0 fully saturated rings. The van der Waals surface area contributed by atoms with E-state index in [4.69, 9.17) is 11.6 Å². The molecule has 0 spiro atoms. The third-order valence-electron chi connectivity index (χ3n) is 1.98. The van der Waals surface area contributed by atoms with Crippen LogP contribution in [0.25, 0.3) is 0 Å². The van der Waals surface area contributed by atoms with Crippen LogP contribution in [0.15, 0.2) is 33.8 Å². The molecule has 4 nitrogen and oxygen atoms in total. The first-order valence-electron chi connectivity index (χ1n) is 4.53. The first-order valence-corrected chi connectivity index (χ1v) is 5.70. The van der Waals surface area contributed by atoms with Gasteiger partial charge in [-0.3, -0.25) is 4.79 Å². The van der Waals surface area contributed by atoms with E-state index in [1.54, 1.807) is 6.07 Å². The van der Waals surface area contributed by atoms with Crippen LogP contribution in [0.1, 0.15) is 0 Å². The Morgan fingerprint density at radius 1 is 1.47 bits per heavy atom. The number of H-pyrrole nitrogens is 1. The van der Waals surface area contributed by atoms with Gasteiger partial charge in [-0.15, -0.1) is 0 Å². The molecule has 0 unspecified atom stereocenters. The number of nitrogens with one attached hydrogen (secondary N) is 2. The Morgan fingerprint density at radius 3 is 2.94 bits per heavy atom. The Morgan fingerprint density at radius 2 is 2.24 bits per heavy atom. The lowest BCUT2D eigenvalue weighted by atomic mass is 10.3. The van der Waals surface area contributed by atoms with E-state index < -0.39 is 11.4 Å². The van der Waals surface area contributed by atoms with Gasteiger partial charge in [-0.25, -0.2) is 9.37 Å². The molecule has 0 aliphatic carbocycles. The summed E-state index contributed by atoms with van der Waals surface area (Å²) < 4.78 is 14.1. The normalized spacial score (nSPS) is 10.3. The van der Waals surface area contributed by atoms with Gasteiger partial charge in [0.15, 0.2) is 5.82 Å². The summed E-state index contributed by atoms with van der Waals surface area (Å²) in [6, 6.07) is 4.47. The molecule has 0 saturated heterocycles. The minimum absolute atomic E-state index is 0.108. The standard InChI is InChI=1S/C10H6BrClFN3O/c11-5-1-2-7(6(13)3-5)16-9-8(12)10(17)15-4-14-9/h1-4H,(H2,14,15,16,17). The molecule has 0 atom stereocenters. The van der Waals surface area contributed by atoms with Crippen LogP contribution in [0, 0.1) is 5.82 Å². The van der Waals surface area contributed by atoms with Crippen LogP contribution in [0.2, 0.25) is 5.02 Å². The average molecular weight is 319 g/mol. The summed E-state index contributed by atoms with van der Waals surface area (Å²) in [5.41, 5.74) is -0.296. The van der Waals surface area contributed by atoms with Gasteiger partial charge in [-0.05, 0) is 18.2 Å². The van der Waals surface area contributed by atoms with Crippen LogP contribution < -0.4 is 10.9 Å². The van der Waals surface area contributed by atoms with Crippen LogP contribution in [0.3, 0.4) is 0 Å². The molecular weight excluding hydrogens is 312 g/mol. The molecule has 0 aliphatic heterocycles. The first-order chi connectivity index (χ1) is 8.08. The summed E-state index contributed by atoms with van der Waals surface area (Å²) in [4.78, 5) is 17.3. The summed E-state index contributed by atoms with van der Waals surface area (Å²) in [6.45, 7) is 0. The van der Waals surface area contributed by atoms with E-state index in [-0.39, 0.29) is 16.5 Å². The monoisotopic (exact) mass is 317 g/mol. The van der Waals surface area contributed by atoms with Crippen LogP contribution >= 0.6 is 27.5 Å². The predicted octanol–water partition coefficient (Wildman–Crippen LogP) is 3.07. The van der Waals surface area contributed by atoms with Gasteiger partial charge in [0.2, 0.25) is 0 Å². The number of hydrogen-bond acceptors (Lipinski definition) is 3. The Labute approximate surface area is 109 Å². The van der Waals surface area contributed by atoms with Crippen LogP contribution in [0.4, 0.5) is 15.9 Å². The summed E-state index contributed by atoms with van der Waals surface area (Å²) in [7, 11) is 0. The summed E-state index contributed by atoms with van der Waals surface area (Å²) in [5, 5.41) is 2.53. The molecule has 2 aromatic rings. The molecule has 1 heterocycles. The number of benzene rings is 1. The highest BCUT2D eigenvalue weighted by atomic mass is 79.9. The van der Waals surface area contributed by atoms with E-state index in [1.165, 1.54) is 18.5 Å². The quantitative estimate of drug-likeness (QED) is 0.894. The smallest absolute Gasteiger partial charge is 0.271 e. The molecule has 7 heteroatoms. The van der Waals surface area contributed by atoms with Crippen molar-refractivity contribution < 1.29 is 4.39 Å². The largest absolute Gasteiger partial charge is 0.336 e. The van der Waals surface area contributed by atoms with Crippen LogP contribution in [-0.4, -0.2) is 9.97 Å². The molecule has 2 rings (SSSR count). The van der Waals surface area contributed by atoms with Crippen molar-refractivity contribution in [2.75, 3.05) is 5.32 Å². The van der Waals surface area contributed by atoms with Crippen molar-refractivity contribution in [1.82, 2.24) is 9.97 Å². The third kappa shape index (κ3) is 2.65. The Kier molecular flexibility index (Phi) is 3.44. The molecule has 0 amide bonds. The maximum atomic E-state index is 13.5. The average Bonchev–Trinajstić information content (AvgIpc) is 2.28. The highest BCUT2D eigenvalue weighted by molar-refractivity contribution is 9.10. The summed E-state index contributed by atoms with van der Waals surface area (Å²) >= 11 is 8.87. The number of anilines is 2. The Balaban J connectivity index is 2.38. The number of halogens is 3. The van der Waals surface area contributed by atoms with E-state index in [0.29, 0.717) is 4.47 Å². The van der Waals surface area contributed by atoms with E-state index in [9.17, 15) is 9.18 Å². The second kappa shape index (κ2) is 4.85. The molecule has 0 saturated carbocycles.